The van der Waals surface area contributed by atoms with E-state index in [0.29, 0.717) is 17.0 Å². The number of aromatic nitrogens is 1. The summed E-state index contributed by atoms with van der Waals surface area (Å²) in [7, 11) is 0. The number of carboxylic acid groups (broad SMARTS) is 1. The fourth-order valence-electron chi connectivity index (χ4n) is 4.42. The normalized spacial score (nSPS) is 18.4. The van der Waals surface area contributed by atoms with E-state index in [0.717, 1.165) is 47.0 Å². The first-order valence-corrected chi connectivity index (χ1v) is 11.1. The predicted molar refractivity (Wildman–Crippen MR) is 128 cm³/mol. The van der Waals surface area contributed by atoms with E-state index in [9.17, 15) is 9.18 Å². The highest BCUT2D eigenvalue weighted by molar-refractivity contribution is 5.99. The van der Waals surface area contributed by atoms with Crippen molar-refractivity contribution in [1.82, 2.24) is 10.4 Å². The van der Waals surface area contributed by atoms with Gasteiger partial charge >= 0.3 is 5.97 Å². The van der Waals surface area contributed by atoms with Crippen LogP contribution >= 0.6 is 0 Å². The Balaban J connectivity index is 1.69. The number of rotatable bonds is 6. The molecule has 2 aromatic carbocycles. The molecule has 166 valence electrons. The quantitative estimate of drug-likeness (QED) is 0.255. The van der Waals surface area contributed by atoms with Gasteiger partial charge in [0.1, 0.15) is 0 Å². The molecule has 0 spiro atoms. The smallest absolute Gasteiger partial charge is 0.328 e. The van der Waals surface area contributed by atoms with Gasteiger partial charge in [0, 0.05) is 23.4 Å². The first-order valence-electron chi connectivity index (χ1n) is 11.1. The number of carbonyl (C=O) groups is 1. The van der Waals surface area contributed by atoms with Gasteiger partial charge in [-0.25, -0.2) is 14.6 Å². The highest BCUT2D eigenvalue weighted by atomic mass is 19.1. The van der Waals surface area contributed by atoms with Gasteiger partial charge in [-0.05, 0) is 65.3 Å². The minimum Gasteiger partial charge on any atom is -0.478 e. The number of carboxylic acids is 1. The highest BCUT2D eigenvalue weighted by Gasteiger charge is 2.29. The second-order valence-electron chi connectivity index (χ2n) is 8.36. The average Bonchev–Trinajstić information content (AvgIpc) is 3.17. The number of benzene rings is 2. The largest absolute Gasteiger partial charge is 0.478 e. The number of allylic oxidation sites excluding steroid dienone is 1. The average molecular weight is 442 g/mol. The number of nitrogens with zero attached hydrogens (tertiary/aromatic N) is 1. The number of anilines is 1. The molecule has 33 heavy (non-hydrogen) atoms. The van der Waals surface area contributed by atoms with E-state index in [-0.39, 0.29) is 0 Å². The van der Waals surface area contributed by atoms with Gasteiger partial charge in [0.25, 0.3) is 0 Å². The summed E-state index contributed by atoms with van der Waals surface area (Å²) < 4.78 is 14.5. The molecule has 6 heteroatoms. The standard InChI is InChI=1S/C27H24FN3O2/c28-27-21-15-20(11-13-22(21)30-31-27)26(23-12-9-17(16-29-23)10-14-24(32)33)25(19-7-4-8-19)18-5-2-1-3-6-18/h1-3,5-6,9-16,19,27,30-31H,4,7-8H2,(H,32,33)/b14-10+,26-25+. The van der Waals surface area contributed by atoms with Gasteiger partial charge in [-0.15, -0.1) is 0 Å². The van der Waals surface area contributed by atoms with Crippen molar-refractivity contribution in [3.63, 3.8) is 0 Å². The number of alkyl halides is 1. The van der Waals surface area contributed by atoms with Gasteiger partial charge in [0.05, 0.1) is 11.4 Å². The summed E-state index contributed by atoms with van der Waals surface area (Å²) in [5.74, 6) is -0.599. The maximum atomic E-state index is 14.5. The number of hydrogen-bond donors (Lipinski definition) is 3. The van der Waals surface area contributed by atoms with E-state index in [1.54, 1.807) is 6.20 Å². The molecule has 0 saturated heterocycles. The molecular formula is C27H24FN3O2. The van der Waals surface area contributed by atoms with E-state index >= 15 is 0 Å². The second kappa shape index (κ2) is 9.00. The van der Waals surface area contributed by atoms with Crippen LogP contribution in [0.3, 0.4) is 0 Å². The Morgan fingerprint density at radius 3 is 2.55 bits per heavy atom. The van der Waals surface area contributed by atoms with Crippen LogP contribution in [0.4, 0.5) is 10.1 Å². The summed E-state index contributed by atoms with van der Waals surface area (Å²) in [6.45, 7) is 0. The molecule has 5 nitrogen and oxygen atoms in total. The lowest BCUT2D eigenvalue weighted by atomic mass is 9.73. The van der Waals surface area contributed by atoms with Crippen LogP contribution in [-0.4, -0.2) is 16.1 Å². The van der Waals surface area contributed by atoms with Crippen molar-refractivity contribution < 1.29 is 14.3 Å². The summed E-state index contributed by atoms with van der Waals surface area (Å²) in [4.78, 5) is 15.6. The summed E-state index contributed by atoms with van der Waals surface area (Å²) in [6.07, 6.45) is 6.41. The topological polar surface area (TPSA) is 74.2 Å². The fourth-order valence-corrected chi connectivity index (χ4v) is 4.42. The van der Waals surface area contributed by atoms with E-state index in [4.69, 9.17) is 10.1 Å². The molecule has 1 atom stereocenters. The molecule has 1 aromatic heterocycles. The lowest BCUT2D eigenvalue weighted by Crippen LogP contribution is -2.15. The Kier molecular flexibility index (Phi) is 5.75. The summed E-state index contributed by atoms with van der Waals surface area (Å²) >= 11 is 0. The maximum absolute atomic E-state index is 14.5. The minimum absolute atomic E-state index is 0.404. The van der Waals surface area contributed by atoms with Crippen molar-refractivity contribution in [2.45, 2.75) is 25.6 Å². The lowest BCUT2D eigenvalue weighted by molar-refractivity contribution is -0.131. The third kappa shape index (κ3) is 4.30. The Hall–Kier alpha value is -3.77. The zero-order chi connectivity index (χ0) is 22.8. The van der Waals surface area contributed by atoms with Crippen LogP contribution in [0.1, 0.15) is 53.5 Å². The van der Waals surface area contributed by atoms with Crippen LogP contribution in [0.5, 0.6) is 0 Å². The molecule has 3 aromatic rings. The van der Waals surface area contributed by atoms with Crippen molar-refractivity contribution in [3.8, 4) is 0 Å². The summed E-state index contributed by atoms with van der Waals surface area (Å²) in [6, 6.07) is 19.9. The number of fused-ring (bicyclic) bond motifs is 1. The molecule has 1 unspecified atom stereocenters. The monoisotopic (exact) mass is 441 g/mol. The number of nitrogens with one attached hydrogen (secondary N) is 2. The molecule has 2 heterocycles. The van der Waals surface area contributed by atoms with Crippen LogP contribution in [0.15, 0.2) is 72.9 Å². The second-order valence-corrected chi connectivity index (χ2v) is 8.36. The third-order valence-electron chi connectivity index (χ3n) is 6.28. The first kappa shape index (κ1) is 21.1. The van der Waals surface area contributed by atoms with E-state index in [1.165, 1.54) is 18.1 Å². The van der Waals surface area contributed by atoms with Crippen LogP contribution in [0.2, 0.25) is 0 Å². The van der Waals surface area contributed by atoms with E-state index in [2.05, 4.69) is 23.0 Å². The van der Waals surface area contributed by atoms with Crippen LogP contribution in [0.25, 0.3) is 17.2 Å². The van der Waals surface area contributed by atoms with Crippen molar-refractivity contribution in [3.05, 3.63) is 101 Å². The number of hydrazine groups is 1. The number of pyridine rings is 1. The molecule has 3 N–H and O–H groups in total. The Morgan fingerprint density at radius 2 is 1.88 bits per heavy atom. The molecule has 2 aliphatic rings. The van der Waals surface area contributed by atoms with E-state index < -0.39 is 12.3 Å². The zero-order valence-electron chi connectivity index (χ0n) is 18.0. The molecule has 5 rings (SSSR count). The third-order valence-corrected chi connectivity index (χ3v) is 6.28. The first-order chi connectivity index (χ1) is 16.1. The molecule has 1 aliphatic carbocycles. The number of aliphatic carboxylic acids is 1. The predicted octanol–water partition coefficient (Wildman–Crippen LogP) is 5.84. The van der Waals surface area contributed by atoms with Crippen LogP contribution in [-0.2, 0) is 4.79 Å². The van der Waals surface area contributed by atoms with Crippen LogP contribution < -0.4 is 10.9 Å². The molecule has 0 amide bonds. The Morgan fingerprint density at radius 1 is 1.06 bits per heavy atom. The van der Waals surface area contributed by atoms with Gasteiger partial charge in [-0.1, -0.05) is 48.9 Å². The SMILES string of the molecule is O=C(O)/C=C/c1ccc(/C(=C(\c2ccccc2)C2CCC2)c2ccc3c(c2)C(F)NN3)nc1. The lowest BCUT2D eigenvalue weighted by Gasteiger charge is -2.31. The van der Waals surface area contributed by atoms with Gasteiger partial charge in [0.2, 0.25) is 0 Å². The fraction of sp³-hybridized carbons (Fsp3) is 0.185. The van der Waals surface area contributed by atoms with E-state index in [1.807, 2.05) is 48.5 Å². The van der Waals surface area contributed by atoms with Gasteiger partial charge in [-0.2, -0.15) is 0 Å². The summed E-state index contributed by atoms with van der Waals surface area (Å²) in [5, 5.41) is 8.90. The highest BCUT2D eigenvalue weighted by Crippen LogP contribution is 2.45. The molecule has 1 saturated carbocycles. The summed E-state index contributed by atoms with van der Waals surface area (Å²) in [5.41, 5.74) is 12.6. The number of halogens is 1. The van der Waals surface area contributed by atoms with Crippen molar-refractivity contribution >= 4 is 28.9 Å². The molecule has 1 aliphatic heterocycles. The van der Waals surface area contributed by atoms with Crippen molar-refractivity contribution in [2.24, 2.45) is 5.92 Å². The molecule has 0 bridgehead atoms. The zero-order valence-corrected chi connectivity index (χ0v) is 18.0. The number of hydrogen-bond acceptors (Lipinski definition) is 4. The van der Waals surface area contributed by atoms with Crippen molar-refractivity contribution in [2.75, 3.05) is 5.43 Å². The Labute approximate surface area is 191 Å². The minimum atomic E-state index is -1.28. The molecule has 0 radical (unpaired) electrons. The van der Waals surface area contributed by atoms with Crippen LogP contribution in [0, 0.1) is 5.92 Å². The Bertz CT molecular complexity index is 1230. The molecular weight excluding hydrogens is 417 g/mol. The molecule has 1 fully saturated rings. The van der Waals surface area contributed by atoms with Gasteiger partial charge in [0.15, 0.2) is 6.30 Å². The van der Waals surface area contributed by atoms with Gasteiger partial charge in [-0.3, -0.25) is 4.98 Å². The van der Waals surface area contributed by atoms with Gasteiger partial charge < -0.3 is 10.5 Å². The van der Waals surface area contributed by atoms with Crippen molar-refractivity contribution in [1.29, 1.82) is 0 Å². The maximum Gasteiger partial charge on any atom is 0.328 e.